The summed E-state index contributed by atoms with van der Waals surface area (Å²) in [5.74, 6) is 0. The number of fused-ring (bicyclic) bond motifs is 14. The molecule has 0 amide bonds. The molecule has 0 spiro atoms. The van der Waals surface area contributed by atoms with E-state index in [4.69, 9.17) is 9.97 Å². The second kappa shape index (κ2) is 23.2. The highest BCUT2D eigenvalue weighted by molar-refractivity contribution is 6.23. The quantitative estimate of drug-likeness (QED) is 0.107. The van der Waals surface area contributed by atoms with Crippen molar-refractivity contribution in [3.05, 3.63) is 352 Å². The molecule has 20 aromatic rings. The van der Waals surface area contributed by atoms with E-state index in [2.05, 4.69) is 325 Å². The molecule has 100 heavy (non-hydrogen) atoms. The van der Waals surface area contributed by atoms with Crippen LogP contribution in [0.25, 0.3) is 208 Å². The maximum Gasteiger partial charge on any atom is 0.0794 e. The van der Waals surface area contributed by atoms with Crippen LogP contribution in [0.15, 0.2) is 352 Å². The molecule has 0 fully saturated rings. The Hall–Kier alpha value is -13.3. The topological polar surface area (TPSA) is 51.6 Å². The van der Waals surface area contributed by atoms with E-state index >= 15 is 0 Å². The van der Waals surface area contributed by atoms with Crippen molar-refractivity contribution >= 4 is 108 Å². The van der Waals surface area contributed by atoms with Gasteiger partial charge in [-0.05, 0) is 206 Å². The van der Waals surface area contributed by atoms with E-state index in [1.54, 1.807) is 0 Å². The van der Waals surface area contributed by atoms with Gasteiger partial charge in [-0.25, -0.2) is 9.97 Å². The van der Waals surface area contributed by atoms with E-state index in [1.807, 2.05) is 36.9 Å². The highest BCUT2D eigenvalue weighted by Gasteiger charge is 2.21. The lowest BCUT2D eigenvalue weighted by Gasteiger charge is -2.17. The molecular formula is C96H58N4. The molecule has 4 nitrogen and oxygen atoms in total. The molecule has 0 aliphatic rings. The van der Waals surface area contributed by atoms with E-state index in [9.17, 15) is 0 Å². The van der Waals surface area contributed by atoms with Gasteiger partial charge in [0, 0.05) is 90.1 Å². The van der Waals surface area contributed by atoms with Gasteiger partial charge in [0.05, 0.1) is 22.1 Å². The fraction of sp³-hybridized carbons (Fsp3) is 0. The van der Waals surface area contributed by atoms with Crippen LogP contribution in [-0.2, 0) is 0 Å². The lowest BCUT2D eigenvalue weighted by molar-refractivity contribution is 1.32. The average Bonchev–Trinajstić information content (AvgIpc) is 0.730. The number of rotatable bonds is 9. The molecule has 16 aromatic carbocycles. The molecule has 0 radical (unpaired) electrons. The predicted octanol–water partition coefficient (Wildman–Crippen LogP) is 25.8. The molecule has 0 unspecified atom stereocenters. The Balaban J connectivity index is 0.702. The summed E-state index contributed by atoms with van der Waals surface area (Å²) >= 11 is 0. The van der Waals surface area contributed by atoms with Gasteiger partial charge in [-0.15, -0.1) is 0 Å². The fourth-order valence-electron chi connectivity index (χ4n) is 15.7. The van der Waals surface area contributed by atoms with Gasteiger partial charge in [-0.2, -0.15) is 0 Å². The second-order valence-electron chi connectivity index (χ2n) is 26.5. The van der Waals surface area contributed by atoms with Crippen molar-refractivity contribution in [2.45, 2.75) is 0 Å². The second-order valence-corrected chi connectivity index (χ2v) is 26.5. The third-order valence-electron chi connectivity index (χ3n) is 20.6. The Bertz CT molecular complexity index is 6620. The maximum atomic E-state index is 5.72. The zero-order valence-corrected chi connectivity index (χ0v) is 54.3. The normalized spacial score (nSPS) is 11.8. The van der Waals surface area contributed by atoms with Gasteiger partial charge in [0.2, 0.25) is 0 Å². The average molecular weight is 1270 g/mol. The SMILES string of the molecule is c1cncc(-c2cc(-c3cccnc3)cc(-c3cccc(-c4c5ccc6ccccc6c5nc5c4ccc4ccc(-c6ccc7cc(-c8cc(-c9cccc(-c%10c%11ccc%12ccccc%12c%11nc%11c%10ccc%10ccccc%10%11)c9)cc(-c9ccc%10ccccc%10c9)c8)ccc7c6)cc45)c3)c2)c1. The third kappa shape index (κ3) is 9.76. The summed E-state index contributed by atoms with van der Waals surface area (Å²) < 4.78 is 0. The zero-order valence-electron chi connectivity index (χ0n) is 54.3. The van der Waals surface area contributed by atoms with Crippen molar-refractivity contribution in [3.63, 3.8) is 0 Å². The van der Waals surface area contributed by atoms with E-state index in [1.165, 1.54) is 43.4 Å². The van der Waals surface area contributed by atoms with Crippen LogP contribution in [0.1, 0.15) is 0 Å². The Kier molecular flexibility index (Phi) is 13.2. The first-order valence-corrected chi connectivity index (χ1v) is 34.2. The number of benzene rings is 16. The minimum atomic E-state index is 0.977. The Morgan fingerprint density at radius 2 is 0.430 bits per heavy atom. The van der Waals surface area contributed by atoms with Crippen molar-refractivity contribution in [2.75, 3.05) is 0 Å². The molecule has 4 heterocycles. The minimum absolute atomic E-state index is 0.977. The third-order valence-corrected chi connectivity index (χ3v) is 20.6. The van der Waals surface area contributed by atoms with Crippen LogP contribution in [0.5, 0.6) is 0 Å². The summed E-state index contributed by atoms with van der Waals surface area (Å²) in [7, 11) is 0. The molecule has 4 heteroatoms. The van der Waals surface area contributed by atoms with Crippen molar-refractivity contribution < 1.29 is 0 Å². The number of pyridine rings is 4. The number of hydrogen-bond donors (Lipinski definition) is 0. The highest BCUT2D eigenvalue weighted by Crippen LogP contribution is 2.46. The van der Waals surface area contributed by atoms with Crippen LogP contribution in [0.4, 0.5) is 0 Å². The van der Waals surface area contributed by atoms with Gasteiger partial charge in [0.1, 0.15) is 0 Å². The lowest BCUT2D eigenvalue weighted by atomic mass is 9.89. The monoisotopic (exact) mass is 1270 g/mol. The molecule has 4 aromatic heterocycles. The van der Waals surface area contributed by atoms with Crippen molar-refractivity contribution in [2.24, 2.45) is 0 Å². The van der Waals surface area contributed by atoms with Gasteiger partial charge >= 0.3 is 0 Å². The van der Waals surface area contributed by atoms with Gasteiger partial charge in [-0.1, -0.05) is 243 Å². The fourth-order valence-corrected chi connectivity index (χ4v) is 15.7. The number of hydrogen-bond acceptors (Lipinski definition) is 4. The molecule has 0 bridgehead atoms. The summed E-state index contributed by atoms with van der Waals surface area (Å²) in [4.78, 5) is 20.2. The molecule has 0 saturated heterocycles. The first-order chi connectivity index (χ1) is 49.5. The molecule has 0 saturated carbocycles. The first kappa shape index (κ1) is 57.0. The molecule has 0 atom stereocenters. The van der Waals surface area contributed by atoms with Crippen LogP contribution >= 0.6 is 0 Å². The largest absolute Gasteiger partial charge is 0.264 e. The Morgan fingerprint density at radius 3 is 0.850 bits per heavy atom. The van der Waals surface area contributed by atoms with Crippen molar-refractivity contribution in [1.82, 2.24) is 19.9 Å². The molecule has 462 valence electrons. The Labute approximate surface area is 577 Å². The van der Waals surface area contributed by atoms with Crippen molar-refractivity contribution in [1.29, 1.82) is 0 Å². The molecular weight excluding hydrogens is 1210 g/mol. The minimum Gasteiger partial charge on any atom is -0.264 e. The summed E-state index contributed by atoms with van der Waals surface area (Å²) in [5.41, 5.74) is 24.4. The Morgan fingerprint density at radius 1 is 0.150 bits per heavy atom. The van der Waals surface area contributed by atoms with Crippen LogP contribution in [0.3, 0.4) is 0 Å². The summed E-state index contributed by atoms with van der Waals surface area (Å²) in [6.45, 7) is 0. The van der Waals surface area contributed by atoms with E-state index in [0.717, 1.165) is 165 Å². The molecule has 0 aliphatic heterocycles. The van der Waals surface area contributed by atoms with E-state index < -0.39 is 0 Å². The lowest BCUT2D eigenvalue weighted by Crippen LogP contribution is -1.93. The number of aromatic nitrogens is 4. The van der Waals surface area contributed by atoms with Gasteiger partial charge in [-0.3, -0.25) is 9.97 Å². The van der Waals surface area contributed by atoms with Crippen LogP contribution in [0, 0.1) is 0 Å². The van der Waals surface area contributed by atoms with E-state index in [-0.39, 0.29) is 0 Å². The zero-order chi connectivity index (χ0) is 65.8. The van der Waals surface area contributed by atoms with Gasteiger partial charge < -0.3 is 0 Å². The standard InChI is InChI=1S/C96H58N4/c1-2-17-64-45-70(29-27-59(64)13-1)79-50-77(65-18-9-20-73(48-65)91-86-39-35-60-14-3-6-24-83(60)93(86)99-94-84-25-7-4-15-61(84)36-40-87(91)94)51-80(52-79)71-34-33-67-46-69(32-31-68(67)47-71)72-30-28-63-38-42-89-92(88-41-37-62-16-5-8-26-85(62)95(88)100-96(89)90(63)56-72)74-21-10-19-66(49-74)78-53-81(75-22-11-43-97-57-75)55-82(54-78)76-23-12-44-98-58-76/h1-58H. The first-order valence-electron chi connectivity index (χ1n) is 34.2. The highest BCUT2D eigenvalue weighted by atomic mass is 14.7. The van der Waals surface area contributed by atoms with Gasteiger partial charge in [0.25, 0.3) is 0 Å². The molecule has 20 rings (SSSR count). The predicted molar refractivity (Wildman–Crippen MR) is 422 cm³/mol. The van der Waals surface area contributed by atoms with Gasteiger partial charge in [0.15, 0.2) is 0 Å². The molecule has 0 N–H and O–H groups in total. The maximum absolute atomic E-state index is 5.72. The van der Waals surface area contributed by atoms with Crippen LogP contribution in [-0.4, -0.2) is 19.9 Å². The summed E-state index contributed by atoms with van der Waals surface area (Å²) in [6.07, 6.45) is 7.52. The smallest absolute Gasteiger partial charge is 0.0794 e. The van der Waals surface area contributed by atoms with Crippen LogP contribution < -0.4 is 0 Å². The summed E-state index contributed by atoms with van der Waals surface area (Å²) in [6, 6.07) is 121. The van der Waals surface area contributed by atoms with Crippen molar-refractivity contribution in [3.8, 4) is 100 Å². The van der Waals surface area contributed by atoms with E-state index in [0.29, 0.717) is 0 Å². The summed E-state index contributed by atoms with van der Waals surface area (Å²) in [5, 5.41) is 18.5. The van der Waals surface area contributed by atoms with Crippen LogP contribution in [0.2, 0.25) is 0 Å². The number of nitrogens with zero attached hydrogens (tertiary/aromatic N) is 4. The molecule has 0 aliphatic carbocycles.